The van der Waals surface area contributed by atoms with Gasteiger partial charge in [-0.05, 0) is 37.6 Å². The molecule has 0 saturated carbocycles. The summed E-state index contributed by atoms with van der Waals surface area (Å²) < 4.78 is 1.49. The molecule has 0 fully saturated rings. The molecule has 1 aromatic heterocycles. The van der Waals surface area contributed by atoms with Crippen LogP contribution in [0.25, 0.3) is 5.69 Å². The number of carbonyl (C=O) groups is 2. The van der Waals surface area contributed by atoms with Crippen LogP contribution in [0.4, 0.5) is 5.82 Å². The number of benzene rings is 2. The first kappa shape index (κ1) is 17.4. The van der Waals surface area contributed by atoms with Gasteiger partial charge in [-0.25, -0.2) is 4.68 Å². The number of ketones is 1. The van der Waals surface area contributed by atoms with Gasteiger partial charge >= 0.3 is 0 Å². The Morgan fingerprint density at radius 2 is 1.85 bits per heavy atom. The summed E-state index contributed by atoms with van der Waals surface area (Å²) in [6.45, 7) is 3.82. The van der Waals surface area contributed by atoms with Gasteiger partial charge in [0.05, 0.1) is 17.4 Å². The van der Waals surface area contributed by atoms with Crippen molar-refractivity contribution in [3.63, 3.8) is 0 Å². The molecule has 26 heavy (non-hydrogen) atoms. The van der Waals surface area contributed by atoms with Crippen LogP contribution in [0, 0.1) is 13.8 Å². The van der Waals surface area contributed by atoms with Gasteiger partial charge in [-0.15, -0.1) is 0 Å². The van der Waals surface area contributed by atoms with E-state index in [1.54, 1.807) is 25.2 Å². The zero-order valence-electron chi connectivity index (χ0n) is 14.9. The Morgan fingerprint density at radius 3 is 2.54 bits per heavy atom. The zero-order valence-corrected chi connectivity index (χ0v) is 14.9. The number of anilines is 1. The number of carbonyl (C=O) groups excluding carboxylic acids is 2. The summed E-state index contributed by atoms with van der Waals surface area (Å²) in [5.74, 6) is -0.140. The van der Waals surface area contributed by atoms with Crippen LogP contribution in [0.3, 0.4) is 0 Å². The van der Waals surface area contributed by atoms with Crippen molar-refractivity contribution in [1.29, 1.82) is 0 Å². The molecule has 3 N–H and O–H groups in total. The van der Waals surface area contributed by atoms with E-state index in [0.29, 0.717) is 22.4 Å². The minimum Gasteiger partial charge on any atom is -0.383 e. The van der Waals surface area contributed by atoms with E-state index in [-0.39, 0.29) is 17.5 Å². The number of nitrogens with two attached hydrogens (primary N) is 1. The molecule has 0 saturated heterocycles. The lowest BCUT2D eigenvalue weighted by atomic mass is 10.0. The Kier molecular flexibility index (Phi) is 4.58. The lowest BCUT2D eigenvalue weighted by molar-refractivity contribution is 0.0962. The molecule has 2 aromatic carbocycles. The van der Waals surface area contributed by atoms with E-state index in [0.717, 1.165) is 11.1 Å². The first-order valence-electron chi connectivity index (χ1n) is 8.20. The largest absolute Gasteiger partial charge is 0.383 e. The van der Waals surface area contributed by atoms with Gasteiger partial charge in [0.2, 0.25) is 0 Å². The molecule has 132 valence electrons. The molecule has 1 heterocycles. The molecule has 0 aliphatic rings. The van der Waals surface area contributed by atoms with Crippen molar-refractivity contribution in [2.45, 2.75) is 13.8 Å². The van der Waals surface area contributed by atoms with Crippen LogP contribution in [0.1, 0.15) is 37.4 Å². The summed E-state index contributed by atoms with van der Waals surface area (Å²) in [6.07, 6.45) is 1.46. The average Bonchev–Trinajstić information content (AvgIpc) is 3.02. The maximum Gasteiger partial charge on any atom is 0.251 e. The number of aryl methyl sites for hydroxylation is 2. The van der Waals surface area contributed by atoms with Crippen molar-refractivity contribution in [2.75, 3.05) is 12.8 Å². The second kappa shape index (κ2) is 6.84. The molecular formula is C20H20N4O2. The maximum atomic E-state index is 12.8. The predicted molar refractivity (Wildman–Crippen MR) is 101 cm³/mol. The Hall–Kier alpha value is -3.41. The van der Waals surface area contributed by atoms with Gasteiger partial charge in [0.1, 0.15) is 5.82 Å². The third kappa shape index (κ3) is 3.09. The van der Waals surface area contributed by atoms with Crippen molar-refractivity contribution in [3.8, 4) is 5.69 Å². The second-order valence-corrected chi connectivity index (χ2v) is 6.13. The summed E-state index contributed by atoms with van der Waals surface area (Å²) >= 11 is 0. The molecule has 6 heteroatoms. The number of aromatic nitrogens is 2. The van der Waals surface area contributed by atoms with E-state index < -0.39 is 0 Å². The Morgan fingerprint density at radius 1 is 1.08 bits per heavy atom. The van der Waals surface area contributed by atoms with E-state index >= 15 is 0 Å². The van der Waals surface area contributed by atoms with Crippen molar-refractivity contribution < 1.29 is 9.59 Å². The van der Waals surface area contributed by atoms with Crippen molar-refractivity contribution >= 4 is 17.5 Å². The molecule has 0 aliphatic carbocycles. The van der Waals surface area contributed by atoms with Gasteiger partial charge in [0, 0.05) is 18.2 Å². The number of rotatable bonds is 4. The van der Waals surface area contributed by atoms with Crippen LogP contribution < -0.4 is 11.1 Å². The lowest BCUT2D eigenvalue weighted by Gasteiger charge is -2.10. The maximum absolute atomic E-state index is 12.8. The quantitative estimate of drug-likeness (QED) is 0.709. The number of nitrogens with zero attached hydrogens (tertiary/aromatic N) is 2. The molecule has 0 bridgehead atoms. The zero-order chi connectivity index (χ0) is 18.8. The summed E-state index contributed by atoms with van der Waals surface area (Å²) in [5, 5.41) is 6.87. The van der Waals surface area contributed by atoms with Crippen LogP contribution in [-0.2, 0) is 0 Å². The Balaban J connectivity index is 2.05. The van der Waals surface area contributed by atoms with Crippen LogP contribution >= 0.6 is 0 Å². The van der Waals surface area contributed by atoms with E-state index in [9.17, 15) is 9.59 Å². The summed E-state index contributed by atoms with van der Waals surface area (Å²) in [6, 6.07) is 12.6. The van der Waals surface area contributed by atoms with Gasteiger partial charge < -0.3 is 11.1 Å². The second-order valence-electron chi connectivity index (χ2n) is 6.13. The summed E-state index contributed by atoms with van der Waals surface area (Å²) in [4.78, 5) is 24.7. The molecule has 0 radical (unpaired) electrons. The number of amides is 1. The summed E-state index contributed by atoms with van der Waals surface area (Å²) in [7, 11) is 1.57. The van der Waals surface area contributed by atoms with Gasteiger partial charge in [-0.2, -0.15) is 5.10 Å². The van der Waals surface area contributed by atoms with Crippen LogP contribution in [0.5, 0.6) is 0 Å². The Labute approximate surface area is 151 Å². The van der Waals surface area contributed by atoms with Crippen molar-refractivity contribution in [3.05, 3.63) is 76.5 Å². The first-order chi connectivity index (χ1) is 12.4. The predicted octanol–water partition coefficient (Wildman–Crippen LogP) is 2.66. The molecule has 0 aliphatic heterocycles. The van der Waals surface area contributed by atoms with Gasteiger partial charge in [0.15, 0.2) is 5.78 Å². The highest BCUT2D eigenvalue weighted by molar-refractivity contribution is 6.11. The third-order valence-electron chi connectivity index (χ3n) is 4.26. The normalized spacial score (nSPS) is 10.6. The minimum absolute atomic E-state index is 0.183. The van der Waals surface area contributed by atoms with Crippen LogP contribution in [-0.4, -0.2) is 28.5 Å². The van der Waals surface area contributed by atoms with E-state index in [1.165, 1.54) is 10.9 Å². The monoisotopic (exact) mass is 348 g/mol. The van der Waals surface area contributed by atoms with Gasteiger partial charge in [-0.3, -0.25) is 9.59 Å². The van der Waals surface area contributed by atoms with E-state index in [4.69, 9.17) is 5.73 Å². The molecule has 0 atom stereocenters. The van der Waals surface area contributed by atoms with Crippen LogP contribution in [0.2, 0.25) is 0 Å². The number of hydrogen-bond acceptors (Lipinski definition) is 4. The fraction of sp³-hybridized carbons (Fsp3) is 0.150. The van der Waals surface area contributed by atoms with Gasteiger partial charge in [-0.1, -0.05) is 29.8 Å². The van der Waals surface area contributed by atoms with Crippen molar-refractivity contribution in [1.82, 2.24) is 15.1 Å². The third-order valence-corrected chi connectivity index (χ3v) is 4.26. The minimum atomic E-state index is -0.201. The average molecular weight is 348 g/mol. The smallest absolute Gasteiger partial charge is 0.251 e. The van der Waals surface area contributed by atoms with E-state index in [2.05, 4.69) is 10.4 Å². The lowest BCUT2D eigenvalue weighted by Crippen LogP contribution is -2.18. The number of hydrogen-bond donors (Lipinski definition) is 2. The van der Waals surface area contributed by atoms with Crippen molar-refractivity contribution in [2.24, 2.45) is 0 Å². The highest BCUT2D eigenvalue weighted by atomic mass is 16.1. The standard InChI is InChI=1S/C20H20N4O2/c1-12-5-4-6-14(9-12)18(25)16-11-23-24(19(16)21)17-10-15(20(26)22-3)8-7-13(17)2/h4-11H,21H2,1-3H3,(H,22,26). The molecule has 0 unspecified atom stereocenters. The first-order valence-corrected chi connectivity index (χ1v) is 8.20. The SMILES string of the molecule is CNC(=O)c1ccc(C)c(-n2ncc(C(=O)c3cccc(C)c3)c2N)c1. The van der Waals surface area contributed by atoms with Crippen LogP contribution in [0.15, 0.2) is 48.7 Å². The molecule has 3 aromatic rings. The highest BCUT2D eigenvalue weighted by Gasteiger charge is 2.19. The highest BCUT2D eigenvalue weighted by Crippen LogP contribution is 2.23. The van der Waals surface area contributed by atoms with E-state index in [1.807, 2.05) is 38.1 Å². The number of nitrogens with one attached hydrogen (secondary N) is 1. The molecule has 0 spiro atoms. The topological polar surface area (TPSA) is 90.0 Å². The summed E-state index contributed by atoms with van der Waals surface area (Å²) in [5.41, 5.74) is 10.2. The molecular weight excluding hydrogens is 328 g/mol. The molecule has 3 rings (SSSR count). The van der Waals surface area contributed by atoms with Gasteiger partial charge in [0.25, 0.3) is 5.91 Å². The fourth-order valence-corrected chi connectivity index (χ4v) is 2.79. The molecule has 1 amide bonds. The Bertz CT molecular complexity index is 1000. The number of nitrogen functional groups attached to an aromatic ring is 1. The fourth-order valence-electron chi connectivity index (χ4n) is 2.79. The molecule has 6 nitrogen and oxygen atoms in total.